The summed E-state index contributed by atoms with van der Waals surface area (Å²) in [5, 5.41) is 11.9. The molecule has 3 aliphatic heterocycles. The molecule has 0 saturated carbocycles. The molecule has 2 bridgehead atoms. The number of nitrogens with one attached hydrogen (secondary N) is 1. The second-order valence-corrected chi connectivity index (χ2v) is 10.0. The third-order valence-electron chi connectivity index (χ3n) is 7.73. The molecule has 2 aromatic carbocycles. The molecule has 3 aromatic rings. The van der Waals surface area contributed by atoms with E-state index in [2.05, 4.69) is 10.3 Å². The number of nitriles is 1. The van der Waals surface area contributed by atoms with Gasteiger partial charge in [-0.1, -0.05) is 0 Å². The fourth-order valence-corrected chi connectivity index (χ4v) is 5.96. The second kappa shape index (κ2) is 8.72. The summed E-state index contributed by atoms with van der Waals surface area (Å²) >= 11 is 0. The fraction of sp³-hybridized carbons (Fsp3) is 0.269. The molecule has 4 heterocycles. The summed E-state index contributed by atoms with van der Waals surface area (Å²) in [6, 6.07) is 5.57. The topological polar surface area (TPSA) is 106 Å². The number of hydrogen-bond acceptors (Lipinski definition) is 6. The molecule has 4 unspecified atom stereocenters. The summed E-state index contributed by atoms with van der Waals surface area (Å²) in [5.41, 5.74) is -3.35. The van der Waals surface area contributed by atoms with Gasteiger partial charge in [-0.05, 0) is 42.5 Å². The third kappa shape index (κ3) is 3.93. The van der Waals surface area contributed by atoms with Crippen LogP contribution in [-0.4, -0.2) is 64.1 Å². The van der Waals surface area contributed by atoms with Crippen LogP contribution in [-0.2, 0) is 21.9 Å². The second-order valence-electron chi connectivity index (χ2n) is 10.0. The van der Waals surface area contributed by atoms with Crippen LogP contribution in [0.4, 0.5) is 42.5 Å². The highest BCUT2D eigenvalue weighted by Crippen LogP contribution is 2.45. The van der Waals surface area contributed by atoms with Gasteiger partial charge in [0.2, 0.25) is 0 Å². The van der Waals surface area contributed by atoms with E-state index < -0.39 is 63.6 Å². The minimum absolute atomic E-state index is 0.0457. The number of urea groups is 1. The van der Waals surface area contributed by atoms with Crippen molar-refractivity contribution in [3.8, 4) is 6.07 Å². The number of piperazine rings is 1. The monoisotopic (exact) mass is 575 g/mol. The van der Waals surface area contributed by atoms with Gasteiger partial charge in [-0.15, -0.1) is 0 Å². The lowest BCUT2D eigenvalue weighted by molar-refractivity contribution is -0.852. The van der Waals surface area contributed by atoms with Crippen molar-refractivity contribution >= 4 is 40.1 Å². The standard InChI is InChI=1S/C26H16F6N6O3/c27-25(28,29)14-6-15(26(30,31)32)8-16(7-14)35-22(39)19-10-36-11-20-23(40)37(24(41)38(19,20)12-36)18-4-3-13(9-33)21-17(18)2-1-5-34-21/h1-8,19-20H,10-12H2/p+1. The zero-order valence-electron chi connectivity index (χ0n) is 20.6. The van der Waals surface area contributed by atoms with Crippen LogP contribution in [0.5, 0.6) is 0 Å². The molecule has 6 rings (SSSR count). The normalized spacial score (nSPS) is 25.5. The lowest BCUT2D eigenvalue weighted by Crippen LogP contribution is -2.63. The molecule has 9 nitrogen and oxygen atoms in total. The predicted molar refractivity (Wildman–Crippen MR) is 129 cm³/mol. The number of quaternary nitrogens is 1. The number of rotatable bonds is 3. The maximum Gasteiger partial charge on any atom is 0.433 e. The van der Waals surface area contributed by atoms with Gasteiger partial charge in [0.15, 0.2) is 12.1 Å². The van der Waals surface area contributed by atoms with Crippen LogP contribution in [0.1, 0.15) is 16.7 Å². The van der Waals surface area contributed by atoms with Crippen LogP contribution < -0.4 is 10.2 Å². The summed E-state index contributed by atoms with van der Waals surface area (Å²) in [6.07, 6.45) is -8.80. The van der Waals surface area contributed by atoms with Gasteiger partial charge in [0.25, 0.3) is 11.8 Å². The average Bonchev–Trinajstić information content (AvgIpc) is 3.55. The Labute approximate surface area is 226 Å². The third-order valence-corrected chi connectivity index (χ3v) is 7.73. The number of imide groups is 1. The zero-order chi connectivity index (χ0) is 29.5. The minimum Gasteiger partial charge on any atom is -0.321 e. The van der Waals surface area contributed by atoms with E-state index in [-0.39, 0.29) is 42.6 Å². The van der Waals surface area contributed by atoms with Crippen molar-refractivity contribution in [1.82, 2.24) is 9.88 Å². The van der Waals surface area contributed by atoms with Crippen molar-refractivity contribution < 1.29 is 45.2 Å². The molecule has 4 atom stereocenters. The van der Waals surface area contributed by atoms with Crippen LogP contribution in [0.3, 0.4) is 0 Å². The minimum atomic E-state index is -5.12. The maximum absolute atomic E-state index is 14.0. The summed E-state index contributed by atoms with van der Waals surface area (Å²) in [5.74, 6) is -1.62. The van der Waals surface area contributed by atoms with Gasteiger partial charge < -0.3 is 5.32 Å². The van der Waals surface area contributed by atoms with E-state index >= 15 is 0 Å². The highest BCUT2D eigenvalue weighted by atomic mass is 19.4. The summed E-state index contributed by atoms with van der Waals surface area (Å²) in [4.78, 5) is 47.8. The number of fused-ring (bicyclic) bond motifs is 2. The van der Waals surface area contributed by atoms with Crippen LogP contribution in [0.15, 0.2) is 48.7 Å². The van der Waals surface area contributed by atoms with E-state index in [4.69, 9.17) is 0 Å². The molecule has 1 spiro atoms. The number of alkyl halides is 6. The number of hydrogen-bond donors (Lipinski definition) is 1. The molecule has 210 valence electrons. The van der Waals surface area contributed by atoms with Crippen LogP contribution >= 0.6 is 0 Å². The fourth-order valence-electron chi connectivity index (χ4n) is 5.96. The van der Waals surface area contributed by atoms with Gasteiger partial charge in [-0.25, -0.2) is 14.2 Å². The number of aromatic nitrogens is 1. The Hall–Kier alpha value is -4.55. The SMILES string of the molecule is N#Cc1ccc(N2C(=O)C3CN4CC(C(=O)Nc5cc(C(F)(F)F)cc(C(F)(F)F)c5)[N+]3(C4)C2=O)c2cccnc12. The van der Waals surface area contributed by atoms with E-state index in [0.717, 1.165) is 4.90 Å². The first-order valence-corrected chi connectivity index (χ1v) is 12.1. The van der Waals surface area contributed by atoms with E-state index in [1.165, 1.54) is 18.3 Å². The highest BCUT2D eigenvalue weighted by Gasteiger charge is 2.73. The number of benzene rings is 2. The van der Waals surface area contributed by atoms with E-state index in [1.54, 1.807) is 17.0 Å². The Morgan fingerprint density at radius 3 is 2.34 bits per heavy atom. The molecule has 0 aliphatic carbocycles. The molecule has 4 amide bonds. The van der Waals surface area contributed by atoms with Crippen molar-refractivity contribution in [3.05, 3.63) is 65.4 Å². The van der Waals surface area contributed by atoms with E-state index in [0.29, 0.717) is 17.5 Å². The highest BCUT2D eigenvalue weighted by molar-refractivity contribution is 6.22. The van der Waals surface area contributed by atoms with E-state index in [9.17, 15) is 46.0 Å². The lowest BCUT2D eigenvalue weighted by atomic mass is 10.1. The smallest absolute Gasteiger partial charge is 0.321 e. The Morgan fingerprint density at radius 2 is 1.71 bits per heavy atom. The molecule has 41 heavy (non-hydrogen) atoms. The Bertz CT molecular complexity index is 1670. The van der Waals surface area contributed by atoms with Crippen molar-refractivity contribution in [1.29, 1.82) is 5.26 Å². The Kier molecular flexibility index (Phi) is 5.67. The van der Waals surface area contributed by atoms with Gasteiger partial charge in [0.1, 0.15) is 12.7 Å². The number of amides is 4. The molecular formula is C26H17F6N6O3+. The Morgan fingerprint density at radius 1 is 1.02 bits per heavy atom. The molecule has 3 saturated heterocycles. The first kappa shape index (κ1) is 26.7. The number of carbonyl (C=O) groups is 3. The summed E-state index contributed by atoms with van der Waals surface area (Å²) in [6.45, 7) is 0.0295. The number of carbonyl (C=O) groups excluding carboxylic acids is 3. The molecule has 1 aromatic heterocycles. The largest absolute Gasteiger partial charge is 0.433 e. The van der Waals surface area contributed by atoms with Gasteiger partial charge in [0.05, 0.1) is 41.0 Å². The first-order chi connectivity index (χ1) is 19.3. The van der Waals surface area contributed by atoms with Crippen molar-refractivity contribution in [2.45, 2.75) is 24.4 Å². The molecular weight excluding hydrogens is 558 g/mol. The molecule has 15 heteroatoms. The van der Waals surface area contributed by atoms with Crippen LogP contribution in [0, 0.1) is 11.3 Å². The first-order valence-electron chi connectivity index (χ1n) is 12.1. The van der Waals surface area contributed by atoms with Crippen molar-refractivity contribution in [3.63, 3.8) is 0 Å². The lowest BCUT2D eigenvalue weighted by Gasteiger charge is -2.32. The summed E-state index contributed by atoms with van der Waals surface area (Å²) in [7, 11) is 0. The molecule has 1 N–H and O–H groups in total. The molecule has 0 radical (unpaired) electrons. The number of pyridine rings is 1. The van der Waals surface area contributed by atoms with Gasteiger partial charge >= 0.3 is 18.4 Å². The maximum atomic E-state index is 14.0. The zero-order valence-corrected chi connectivity index (χ0v) is 20.6. The molecule has 3 fully saturated rings. The summed E-state index contributed by atoms with van der Waals surface area (Å²) < 4.78 is 79.3. The number of halogens is 6. The van der Waals surface area contributed by atoms with E-state index in [1.807, 2.05) is 6.07 Å². The van der Waals surface area contributed by atoms with Gasteiger partial charge in [0, 0.05) is 17.3 Å². The van der Waals surface area contributed by atoms with Gasteiger partial charge in [-0.2, -0.15) is 36.5 Å². The van der Waals surface area contributed by atoms with Crippen LogP contribution in [0.2, 0.25) is 0 Å². The molecule has 3 aliphatic rings. The number of anilines is 2. The quantitative estimate of drug-likeness (QED) is 0.287. The van der Waals surface area contributed by atoms with Crippen molar-refractivity contribution in [2.75, 3.05) is 30.0 Å². The predicted octanol–water partition coefficient (Wildman–Crippen LogP) is 4.09. The Balaban J connectivity index is 1.37. The number of nitrogens with zero attached hydrogens (tertiary/aromatic N) is 5. The van der Waals surface area contributed by atoms with Crippen LogP contribution in [0.25, 0.3) is 10.9 Å². The van der Waals surface area contributed by atoms with Crippen molar-refractivity contribution in [2.24, 2.45) is 0 Å². The van der Waals surface area contributed by atoms with Gasteiger partial charge in [-0.3, -0.25) is 14.6 Å². The average molecular weight is 575 g/mol.